The minimum atomic E-state index is -0.111. The fourth-order valence-electron chi connectivity index (χ4n) is 3.38. The minimum absolute atomic E-state index is 0.0320. The number of rotatable bonds is 7. The molecule has 2 aliphatic rings. The number of nitrogens with one attached hydrogen (secondary N) is 2. The molecule has 2 saturated carbocycles. The van der Waals surface area contributed by atoms with E-state index in [9.17, 15) is 0 Å². The maximum atomic E-state index is 8.95. The van der Waals surface area contributed by atoms with Crippen LogP contribution >= 0.6 is 0 Å². The molecule has 0 aliphatic heterocycles. The van der Waals surface area contributed by atoms with Gasteiger partial charge in [-0.05, 0) is 38.5 Å². The first kappa shape index (κ1) is 16.1. The van der Waals surface area contributed by atoms with Crippen LogP contribution in [0.1, 0.15) is 44.9 Å². The molecule has 132 valence electrons. The Bertz CT molecular complexity index is 825. The number of anilines is 2. The number of hydrogen-bond donors (Lipinski definition) is 3. The molecular weight excluding hydrogens is 316 g/mol. The molecule has 0 aromatic carbocycles. The second kappa shape index (κ2) is 5.85. The van der Waals surface area contributed by atoms with Crippen LogP contribution in [0, 0.1) is 11.3 Å². The molecular formula is C17H24N8. The Labute approximate surface area is 146 Å². The standard InChI is InChI=1S/C17H24N8/c1-25-14-12(10-21-25)13(24-17(4-2-5-17)6-3-9-18)22-15(23-14)20-11-16(19)7-8-16/h10H,2-8,11,19H2,1H3,(H2,20,22,23,24). The van der Waals surface area contributed by atoms with Gasteiger partial charge in [0.25, 0.3) is 0 Å². The molecule has 0 radical (unpaired) electrons. The van der Waals surface area contributed by atoms with Gasteiger partial charge in [-0.15, -0.1) is 0 Å². The first-order chi connectivity index (χ1) is 12.0. The van der Waals surface area contributed by atoms with E-state index >= 15 is 0 Å². The van der Waals surface area contributed by atoms with Gasteiger partial charge in [0.1, 0.15) is 5.82 Å². The number of aromatic nitrogens is 4. The van der Waals surface area contributed by atoms with E-state index < -0.39 is 0 Å². The fourth-order valence-corrected chi connectivity index (χ4v) is 3.38. The van der Waals surface area contributed by atoms with Gasteiger partial charge in [-0.2, -0.15) is 20.3 Å². The van der Waals surface area contributed by atoms with Gasteiger partial charge in [0, 0.05) is 31.1 Å². The first-order valence-corrected chi connectivity index (χ1v) is 8.90. The largest absolute Gasteiger partial charge is 0.364 e. The molecule has 0 unspecified atom stereocenters. The Balaban J connectivity index is 1.63. The van der Waals surface area contributed by atoms with E-state index in [0.29, 0.717) is 18.9 Å². The predicted octanol–water partition coefficient (Wildman–Crippen LogP) is 1.90. The van der Waals surface area contributed by atoms with Crippen molar-refractivity contribution >= 4 is 22.8 Å². The highest BCUT2D eigenvalue weighted by Gasteiger charge is 2.39. The van der Waals surface area contributed by atoms with Crippen molar-refractivity contribution in [1.29, 1.82) is 5.26 Å². The number of hydrogen-bond acceptors (Lipinski definition) is 7. The first-order valence-electron chi connectivity index (χ1n) is 8.90. The molecule has 2 aromatic rings. The van der Waals surface area contributed by atoms with Crippen molar-refractivity contribution in [2.45, 2.75) is 56.0 Å². The molecule has 8 nitrogen and oxygen atoms in total. The molecule has 0 spiro atoms. The van der Waals surface area contributed by atoms with E-state index in [2.05, 4.69) is 26.8 Å². The molecule has 0 saturated heterocycles. The lowest BCUT2D eigenvalue weighted by molar-refractivity contribution is 0.262. The van der Waals surface area contributed by atoms with E-state index in [-0.39, 0.29) is 11.1 Å². The van der Waals surface area contributed by atoms with E-state index in [4.69, 9.17) is 16.0 Å². The molecule has 8 heteroatoms. The number of nitrogens with two attached hydrogens (primary N) is 1. The lowest BCUT2D eigenvalue weighted by atomic mass is 9.73. The summed E-state index contributed by atoms with van der Waals surface area (Å²) in [5.41, 5.74) is 6.81. The van der Waals surface area contributed by atoms with E-state index in [0.717, 1.165) is 49.0 Å². The zero-order valence-corrected chi connectivity index (χ0v) is 14.5. The number of fused-ring (bicyclic) bond motifs is 1. The summed E-state index contributed by atoms with van der Waals surface area (Å²) in [6, 6.07) is 2.26. The minimum Gasteiger partial charge on any atom is -0.364 e. The maximum absolute atomic E-state index is 8.95. The topological polar surface area (TPSA) is 117 Å². The Morgan fingerprint density at radius 3 is 2.76 bits per heavy atom. The Morgan fingerprint density at radius 2 is 2.12 bits per heavy atom. The highest BCUT2D eigenvalue weighted by molar-refractivity contribution is 5.87. The summed E-state index contributed by atoms with van der Waals surface area (Å²) in [7, 11) is 1.88. The van der Waals surface area contributed by atoms with Crippen molar-refractivity contribution in [2.24, 2.45) is 12.8 Å². The summed E-state index contributed by atoms with van der Waals surface area (Å²) >= 11 is 0. The Hall–Kier alpha value is -2.40. The average molecular weight is 340 g/mol. The van der Waals surface area contributed by atoms with Crippen LogP contribution in [-0.2, 0) is 7.05 Å². The summed E-state index contributed by atoms with van der Waals surface area (Å²) in [4.78, 5) is 9.29. The Morgan fingerprint density at radius 1 is 1.32 bits per heavy atom. The fraction of sp³-hybridized carbons (Fsp3) is 0.647. The van der Waals surface area contributed by atoms with Crippen molar-refractivity contribution in [3.63, 3.8) is 0 Å². The van der Waals surface area contributed by atoms with Crippen LogP contribution in [0.15, 0.2) is 6.20 Å². The summed E-state index contributed by atoms with van der Waals surface area (Å²) in [5, 5.41) is 21.1. The van der Waals surface area contributed by atoms with Crippen molar-refractivity contribution in [3.05, 3.63) is 6.20 Å². The van der Waals surface area contributed by atoms with E-state index in [1.165, 1.54) is 6.42 Å². The highest BCUT2D eigenvalue weighted by Crippen LogP contribution is 2.40. The normalized spacial score (nSPS) is 19.9. The molecule has 0 atom stereocenters. The second-order valence-corrected chi connectivity index (χ2v) is 7.53. The van der Waals surface area contributed by atoms with Gasteiger partial charge < -0.3 is 16.4 Å². The number of nitrogens with zero attached hydrogens (tertiary/aromatic N) is 5. The second-order valence-electron chi connectivity index (χ2n) is 7.53. The zero-order valence-electron chi connectivity index (χ0n) is 14.5. The zero-order chi connectivity index (χ0) is 17.5. The van der Waals surface area contributed by atoms with Crippen LogP contribution in [0.2, 0.25) is 0 Å². The highest BCUT2D eigenvalue weighted by atomic mass is 15.3. The lowest BCUT2D eigenvalue weighted by Gasteiger charge is -2.43. The smallest absolute Gasteiger partial charge is 0.226 e. The molecule has 25 heavy (non-hydrogen) atoms. The molecule has 0 bridgehead atoms. The lowest BCUT2D eigenvalue weighted by Crippen LogP contribution is -2.45. The Kier molecular flexibility index (Phi) is 3.76. The van der Waals surface area contributed by atoms with Crippen molar-refractivity contribution in [1.82, 2.24) is 19.7 Å². The van der Waals surface area contributed by atoms with Gasteiger partial charge in [0.15, 0.2) is 5.65 Å². The van der Waals surface area contributed by atoms with Crippen molar-refractivity contribution in [3.8, 4) is 6.07 Å². The quantitative estimate of drug-likeness (QED) is 0.704. The van der Waals surface area contributed by atoms with Crippen molar-refractivity contribution < 1.29 is 0 Å². The molecule has 2 aliphatic carbocycles. The van der Waals surface area contributed by atoms with E-state index in [1.54, 1.807) is 10.9 Å². The maximum Gasteiger partial charge on any atom is 0.226 e. The third-order valence-corrected chi connectivity index (χ3v) is 5.49. The van der Waals surface area contributed by atoms with Gasteiger partial charge in [-0.3, -0.25) is 4.68 Å². The molecule has 2 fully saturated rings. The van der Waals surface area contributed by atoms with Crippen molar-refractivity contribution in [2.75, 3.05) is 17.2 Å². The molecule has 4 N–H and O–H groups in total. The third kappa shape index (κ3) is 3.12. The van der Waals surface area contributed by atoms with Crippen LogP contribution < -0.4 is 16.4 Å². The SMILES string of the molecule is Cn1ncc2c(NC3(CCC#N)CCC3)nc(NCC3(N)CC3)nc21. The molecule has 4 rings (SSSR count). The third-order valence-electron chi connectivity index (χ3n) is 5.49. The van der Waals surface area contributed by atoms with E-state index in [1.807, 2.05) is 7.05 Å². The van der Waals surface area contributed by atoms with Gasteiger partial charge in [-0.25, -0.2) is 0 Å². The van der Waals surface area contributed by atoms with Crippen LogP contribution in [0.3, 0.4) is 0 Å². The summed E-state index contributed by atoms with van der Waals surface area (Å²) in [6.07, 6.45) is 8.57. The predicted molar refractivity (Wildman–Crippen MR) is 96.0 cm³/mol. The monoisotopic (exact) mass is 340 g/mol. The van der Waals surface area contributed by atoms with Gasteiger partial charge in [0.05, 0.1) is 17.7 Å². The number of aryl methyl sites for hydroxylation is 1. The summed E-state index contributed by atoms with van der Waals surface area (Å²) in [5.74, 6) is 1.37. The average Bonchev–Trinajstić information content (AvgIpc) is 3.19. The molecule has 0 amide bonds. The van der Waals surface area contributed by atoms with Crippen LogP contribution in [-0.4, -0.2) is 37.4 Å². The van der Waals surface area contributed by atoms with Gasteiger partial charge in [-0.1, -0.05) is 0 Å². The molecule has 2 aromatic heterocycles. The molecule has 2 heterocycles. The van der Waals surface area contributed by atoms with Gasteiger partial charge >= 0.3 is 0 Å². The van der Waals surface area contributed by atoms with Gasteiger partial charge in [0.2, 0.25) is 5.95 Å². The summed E-state index contributed by atoms with van der Waals surface area (Å²) < 4.78 is 1.76. The van der Waals surface area contributed by atoms with Crippen LogP contribution in [0.25, 0.3) is 11.0 Å². The van der Waals surface area contributed by atoms with Crippen LogP contribution in [0.5, 0.6) is 0 Å². The number of nitriles is 1. The summed E-state index contributed by atoms with van der Waals surface area (Å²) in [6.45, 7) is 0.676. The van der Waals surface area contributed by atoms with Crippen LogP contribution in [0.4, 0.5) is 11.8 Å².